The molecule has 0 atom stereocenters. The van der Waals surface area contributed by atoms with E-state index in [-0.39, 0.29) is 5.78 Å². The van der Waals surface area contributed by atoms with Crippen LogP contribution in [0.3, 0.4) is 0 Å². The maximum Gasteiger partial charge on any atom is 0.133 e. The van der Waals surface area contributed by atoms with Crippen LogP contribution in [0.5, 0.6) is 0 Å². The first kappa shape index (κ1) is 12.4. The molecule has 0 aromatic carbocycles. The van der Waals surface area contributed by atoms with Crippen LogP contribution in [-0.2, 0) is 4.79 Å². The number of hydrogen-bond donors (Lipinski definition) is 1. The van der Waals surface area contributed by atoms with Crippen molar-refractivity contribution in [3.8, 4) is 0 Å². The highest BCUT2D eigenvalue weighted by Gasteiger charge is 2.18. The van der Waals surface area contributed by atoms with Crippen molar-refractivity contribution in [1.29, 1.82) is 0 Å². The molecule has 0 spiro atoms. The van der Waals surface area contributed by atoms with Gasteiger partial charge in [-0.1, -0.05) is 25.5 Å². The van der Waals surface area contributed by atoms with Crippen molar-refractivity contribution >= 4 is 5.78 Å². The van der Waals surface area contributed by atoms with E-state index in [0.717, 1.165) is 5.57 Å². The fraction of sp³-hybridized carbons (Fsp3) is 0.727. The first-order valence-electron chi connectivity index (χ1n) is 4.83. The minimum absolute atomic E-state index is 0.142. The van der Waals surface area contributed by atoms with Gasteiger partial charge in [0.25, 0.3) is 0 Å². The smallest absolute Gasteiger partial charge is 0.133 e. The summed E-state index contributed by atoms with van der Waals surface area (Å²) in [6.07, 6.45) is 3.65. The molecule has 0 rings (SSSR count). The molecule has 0 unspecified atom stereocenters. The van der Waals surface area contributed by atoms with Crippen LogP contribution in [-0.4, -0.2) is 16.5 Å². The van der Waals surface area contributed by atoms with Crippen LogP contribution in [0.4, 0.5) is 0 Å². The van der Waals surface area contributed by atoms with Gasteiger partial charge in [0.1, 0.15) is 5.78 Å². The molecule has 0 heterocycles. The minimum Gasteiger partial charge on any atom is -0.386 e. The van der Waals surface area contributed by atoms with Crippen LogP contribution < -0.4 is 0 Å². The molecule has 0 saturated heterocycles. The van der Waals surface area contributed by atoms with Crippen molar-refractivity contribution in [3.63, 3.8) is 0 Å². The van der Waals surface area contributed by atoms with E-state index >= 15 is 0 Å². The predicted molar refractivity (Wildman–Crippen MR) is 54.6 cm³/mol. The predicted octanol–water partition coefficient (Wildman–Crippen LogP) is 2.46. The molecule has 0 aliphatic rings. The zero-order valence-electron chi connectivity index (χ0n) is 9.05. The molecule has 0 radical (unpaired) electrons. The van der Waals surface area contributed by atoms with E-state index in [9.17, 15) is 9.90 Å². The van der Waals surface area contributed by atoms with Crippen LogP contribution in [0, 0.1) is 0 Å². The molecule has 0 aliphatic carbocycles. The lowest BCUT2D eigenvalue weighted by Gasteiger charge is -2.21. The van der Waals surface area contributed by atoms with Gasteiger partial charge in [0.15, 0.2) is 0 Å². The summed E-state index contributed by atoms with van der Waals surface area (Å²) in [4.78, 5) is 10.8. The van der Waals surface area contributed by atoms with Crippen LogP contribution in [0.25, 0.3) is 0 Å². The van der Waals surface area contributed by atoms with Gasteiger partial charge >= 0.3 is 0 Å². The molecular formula is C11H20O2. The van der Waals surface area contributed by atoms with Gasteiger partial charge in [0.2, 0.25) is 0 Å². The van der Waals surface area contributed by atoms with Gasteiger partial charge in [-0.3, -0.25) is 4.79 Å². The largest absolute Gasteiger partial charge is 0.386 e. The highest BCUT2D eigenvalue weighted by atomic mass is 16.3. The van der Waals surface area contributed by atoms with Crippen LogP contribution in [0.1, 0.15) is 47.0 Å². The summed E-state index contributed by atoms with van der Waals surface area (Å²) in [6.45, 7) is 7.34. The third-order valence-corrected chi connectivity index (χ3v) is 2.27. The van der Waals surface area contributed by atoms with Gasteiger partial charge < -0.3 is 5.11 Å². The molecule has 0 aliphatic heterocycles. The highest BCUT2D eigenvalue weighted by Crippen LogP contribution is 2.19. The van der Waals surface area contributed by atoms with Crippen molar-refractivity contribution in [2.45, 2.75) is 52.6 Å². The second-order valence-corrected chi connectivity index (χ2v) is 3.68. The average molecular weight is 184 g/mol. The van der Waals surface area contributed by atoms with Crippen molar-refractivity contribution in [2.24, 2.45) is 0 Å². The van der Waals surface area contributed by atoms with Crippen LogP contribution >= 0.6 is 0 Å². The summed E-state index contributed by atoms with van der Waals surface area (Å²) in [6, 6.07) is 0. The first-order chi connectivity index (χ1) is 5.93. The molecule has 13 heavy (non-hydrogen) atoms. The molecule has 0 amide bonds. The van der Waals surface area contributed by atoms with E-state index in [2.05, 4.69) is 0 Å². The monoisotopic (exact) mass is 184 g/mol. The van der Waals surface area contributed by atoms with E-state index in [0.29, 0.717) is 19.3 Å². The van der Waals surface area contributed by atoms with Crippen LogP contribution in [0.15, 0.2) is 11.6 Å². The van der Waals surface area contributed by atoms with Gasteiger partial charge in [-0.05, 0) is 26.7 Å². The third-order valence-electron chi connectivity index (χ3n) is 2.27. The summed E-state index contributed by atoms with van der Waals surface area (Å²) in [5, 5.41) is 9.92. The number of ketones is 1. The summed E-state index contributed by atoms with van der Waals surface area (Å²) in [5.41, 5.74) is 0.234. The van der Waals surface area contributed by atoms with Crippen molar-refractivity contribution in [2.75, 3.05) is 0 Å². The normalized spacial score (nSPS) is 13.2. The lowest BCUT2D eigenvalue weighted by atomic mass is 9.93. The van der Waals surface area contributed by atoms with Crippen molar-refractivity contribution in [1.82, 2.24) is 0 Å². The lowest BCUT2D eigenvalue weighted by molar-refractivity contribution is -0.116. The lowest BCUT2D eigenvalue weighted by Crippen LogP contribution is -2.23. The number of allylic oxidation sites excluding steroid dienone is 1. The SMILES string of the molecule is CCC(O)(C=C(C)CC(C)=O)CC. The van der Waals surface area contributed by atoms with Crippen molar-refractivity contribution < 1.29 is 9.90 Å². The number of hydrogen-bond acceptors (Lipinski definition) is 2. The fourth-order valence-corrected chi connectivity index (χ4v) is 1.36. The summed E-state index contributed by atoms with van der Waals surface area (Å²) in [7, 11) is 0. The summed E-state index contributed by atoms with van der Waals surface area (Å²) in [5.74, 6) is 0.142. The molecule has 0 bridgehead atoms. The Morgan fingerprint density at radius 3 is 2.08 bits per heavy atom. The van der Waals surface area contributed by atoms with E-state index in [1.54, 1.807) is 6.92 Å². The number of Topliss-reactive ketones (excluding diaryl/α,β-unsaturated/α-hetero) is 1. The molecule has 1 N–H and O–H groups in total. The topological polar surface area (TPSA) is 37.3 Å². The zero-order chi connectivity index (χ0) is 10.5. The highest BCUT2D eigenvalue weighted by molar-refractivity contribution is 5.77. The Kier molecular flexibility index (Phi) is 4.92. The van der Waals surface area contributed by atoms with Crippen molar-refractivity contribution in [3.05, 3.63) is 11.6 Å². The van der Waals surface area contributed by atoms with Gasteiger partial charge in [0, 0.05) is 6.42 Å². The van der Waals surface area contributed by atoms with Gasteiger partial charge in [-0.25, -0.2) is 0 Å². The maximum atomic E-state index is 10.8. The van der Waals surface area contributed by atoms with Gasteiger partial charge in [0.05, 0.1) is 5.60 Å². The number of carbonyl (C=O) groups is 1. The van der Waals surface area contributed by atoms with E-state index in [1.165, 1.54) is 0 Å². The van der Waals surface area contributed by atoms with Crippen LogP contribution in [0.2, 0.25) is 0 Å². The average Bonchev–Trinajstić information content (AvgIpc) is 2.02. The van der Waals surface area contributed by atoms with E-state index in [4.69, 9.17) is 0 Å². The molecule has 0 saturated carbocycles. The summed E-state index contributed by atoms with van der Waals surface area (Å²) >= 11 is 0. The molecule has 0 aromatic rings. The third kappa shape index (κ3) is 4.83. The Hall–Kier alpha value is -0.630. The number of rotatable bonds is 5. The Balaban J connectivity index is 4.41. The Morgan fingerprint density at radius 2 is 1.77 bits per heavy atom. The molecule has 2 nitrogen and oxygen atoms in total. The molecule has 0 fully saturated rings. The minimum atomic E-state index is -0.723. The maximum absolute atomic E-state index is 10.8. The number of carbonyl (C=O) groups excluding carboxylic acids is 1. The van der Waals surface area contributed by atoms with Gasteiger partial charge in [-0.2, -0.15) is 0 Å². The Bertz CT molecular complexity index is 200. The molecular weight excluding hydrogens is 164 g/mol. The molecule has 0 aromatic heterocycles. The second-order valence-electron chi connectivity index (χ2n) is 3.68. The summed E-state index contributed by atoms with van der Waals surface area (Å²) < 4.78 is 0. The van der Waals surface area contributed by atoms with E-state index in [1.807, 2.05) is 26.8 Å². The molecule has 76 valence electrons. The Labute approximate surface area is 80.7 Å². The first-order valence-corrected chi connectivity index (χ1v) is 4.83. The second kappa shape index (κ2) is 5.18. The van der Waals surface area contributed by atoms with Gasteiger partial charge in [-0.15, -0.1) is 0 Å². The standard InChI is InChI=1S/C11H20O2/c1-5-11(13,6-2)8-9(3)7-10(4)12/h8,13H,5-7H2,1-4H3. The Morgan fingerprint density at radius 1 is 1.31 bits per heavy atom. The zero-order valence-corrected chi connectivity index (χ0v) is 9.05. The van der Waals surface area contributed by atoms with E-state index < -0.39 is 5.60 Å². The number of aliphatic hydroxyl groups is 1. The quantitative estimate of drug-likeness (QED) is 0.666. The molecule has 2 heteroatoms. The fourth-order valence-electron chi connectivity index (χ4n) is 1.36.